The van der Waals surface area contributed by atoms with E-state index >= 15 is 0 Å². The molecule has 1 rings (SSSR count). The third-order valence-electron chi connectivity index (χ3n) is 2.60. The van der Waals surface area contributed by atoms with Gasteiger partial charge < -0.3 is 20.5 Å². The first-order valence-electron chi connectivity index (χ1n) is 6.93. The van der Waals surface area contributed by atoms with Gasteiger partial charge in [-0.2, -0.15) is 0 Å². The van der Waals surface area contributed by atoms with Crippen molar-refractivity contribution in [3.05, 3.63) is 23.4 Å². The molecule has 0 aliphatic rings. The molecular formula is C15H25N3O3. The van der Waals surface area contributed by atoms with Gasteiger partial charge >= 0.3 is 6.09 Å². The number of carbonyl (C=O) groups excluding carboxylic acids is 1. The van der Waals surface area contributed by atoms with Gasteiger partial charge in [0.15, 0.2) is 0 Å². The van der Waals surface area contributed by atoms with Crippen molar-refractivity contribution in [3.63, 3.8) is 0 Å². The van der Waals surface area contributed by atoms with Gasteiger partial charge in [-0.3, -0.25) is 0 Å². The Kier molecular flexibility index (Phi) is 5.96. The van der Waals surface area contributed by atoms with Crippen molar-refractivity contribution in [2.75, 3.05) is 13.7 Å². The number of methoxy groups -OCH3 is 1. The summed E-state index contributed by atoms with van der Waals surface area (Å²) >= 11 is 0. The summed E-state index contributed by atoms with van der Waals surface area (Å²) in [6.45, 7) is 7.70. The SMILES string of the molecule is COc1cc(CC(N)CNC(=O)OC(C)(C)C)cc(C)n1. The van der Waals surface area contributed by atoms with Crippen LogP contribution in [-0.4, -0.2) is 36.4 Å². The predicted molar refractivity (Wildman–Crippen MR) is 81.4 cm³/mol. The van der Waals surface area contributed by atoms with E-state index in [0.29, 0.717) is 18.8 Å². The Morgan fingerprint density at radius 3 is 2.67 bits per heavy atom. The average Bonchev–Trinajstić information content (AvgIpc) is 2.33. The minimum absolute atomic E-state index is 0.205. The van der Waals surface area contributed by atoms with E-state index in [-0.39, 0.29) is 6.04 Å². The van der Waals surface area contributed by atoms with Crippen molar-refractivity contribution >= 4 is 6.09 Å². The first-order valence-corrected chi connectivity index (χ1v) is 6.93. The molecule has 0 aliphatic heterocycles. The quantitative estimate of drug-likeness (QED) is 0.865. The molecule has 0 saturated heterocycles. The maximum Gasteiger partial charge on any atom is 0.407 e. The molecule has 118 valence electrons. The Bertz CT molecular complexity index is 484. The number of hydrogen-bond acceptors (Lipinski definition) is 5. The zero-order valence-corrected chi connectivity index (χ0v) is 13.4. The number of hydrogen-bond donors (Lipinski definition) is 2. The maximum absolute atomic E-state index is 11.6. The summed E-state index contributed by atoms with van der Waals surface area (Å²) in [5, 5.41) is 2.67. The minimum atomic E-state index is -0.510. The lowest BCUT2D eigenvalue weighted by molar-refractivity contribution is 0.0524. The standard InChI is InChI=1S/C15H25N3O3/c1-10-6-11(8-13(18-10)20-5)7-12(16)9-17-14(19)21-15(2,3)4/h6,8,12H,7,9,16H2,1-5H3,(H,17,19). The van der Waals surface area contributed by atoms with E-state index in [2.05, 4.69) is 10.3 Å². The van der Waals surface area contributed by atoms with Crippen LogP contribution in [0.2, 0.25) is 0 Å². The smallest absolute Gasteiger partial charge is 0.407 e. The van der Waals surface area contributed by atoms with Gasteiger partial charge in [-0.15, -0.1) is 0 Å². The van der Waals surface area contributed by atoms with Crippen LogP contribution >= 0.6 is 0 Å². The van der Waals surface area contributed by atoms with Crippen LogP contribution < -0.4 is 15.8 Å². The molecule has 1 aromatic rings. The van der Waals surface area contributed by atoms with E-state index in [9.17, 15) is 4.79 Å². The number of nitrogens with two attached hydrogens (primary N) is 1. The summed E-state index contributed by atoms with van der Waals surface area (Å²) in [6.07, 6.45) is 0.164. The molecule has 1 unspecified atom stereocenters. The normalized spacial score (nSPS) is 12.7. The molecule has 1 amide bonds. The van der Waals surface area contributed by atoms with Crippen molar-refractivity contribution in [2.45, 2.75) is 45.8 Å². The fraction of sp³-hybridized carbons (Fsp3) is 0.600. The molecule has 0 spiro atoms. The van der Waals surface area contributed by atoms with Crippen LogP contribution in [0.1, 0.15) is 32.0 Å². The highest BCUT2D eigenvalue weighted by Gasteiger charge is 2.16. The Morgan fingerprint density at radius 1 is 1.43 bits per heavy atom. The fourth-order valence-electron chi connectivity index (χ4n) is 1.83. The zero-order chi connectivity index (χ0) is 16.0. The monoisotopic (exact) mass is 295 g/mol. The first kappa shape index (κ1) is 17.2. The third kappa shape index (κ3) is 6.94. The van der Waals surface area contributed by atoms with Crippen LogP contribution in [0, 0.1) is 6.92 Å². The molecule has 0 aliphatic carbocycles. The third-order valence-corrected chi connectivity index (χ3v) is 2.60. The Morgan fingerprint density at radius 2 is 2.10 bits per heavy atom. The average molecular weight is 295 g/mol. The molecule has 6 nitrogen and oxygen atoms in total. The molecular weight excluding hydrogens is 270 g/mol. The van der Waals surface area contributed by atoms with E-state index < -0.39 is 11.7 Å². The van der Waals surface area contributed by atoms with E-state index in [1.54, 1.807) is 7.11 Å². The largest absolute Gasteiger partial charge is 0.481 e. The van der Waals surface area contributed by atoms with Gasteiger partial charge in [0.25, 0.3) is 0 Å². The van der Waals surface area contributed by atoms with Crippen LogP contribution in [0.5, 0.6) is 5.88 Å². The predicted octanol–water partition coefficient (Wildman–Crippen LogP) is 1.79. The topological polar surface area (TPSA) is 86.5 Å². The summed E-state index contributed by atoms with van der Waals surface area (Å²) < 4.78 is 10.3. The molecule has 0 aromatic carbocycles. The van der Waals surface area contributed by atoms with E-state index in [1.807, 2.05) is 39.8 Å². The molecule has 0 saturated carbocycles. The van der Waals surface area contributed by atoms with Gasteiger partial charge in [-0.05, 0) is 45.7 Å². The number of carbonyl (C=O) groups is 1. The number of pyridine rings is 1. The molecule has 1 heterocycles. The van der Waals surface area contributed by atoms with Crippen molar-refractivity contribution in [1.82, 2.24) is 10.3 Å². The number of aromatic nitrogens is 1. The van der Waals surface area contributed by atoms with Gasteiger partial charge in [0.05, 0.1) is 7.11 Å². The van der Waals surface area contributed by atoms with E-state index in [1.165, 1.54) is 0 Å². The number of ether oxygens (including phenoxy) is 2. The molecule has 21 heavy (non-hydrogen) atoms. The fourth-order valence-corrected chi connectivity index (χ4v) is 1.83. The molecule has 0 bridgehead atoms. The summed E-state index contributed by atoms with van der Waals surface area (Å²) in [4.78, 5) is 15.8. The summed E-state index contributed by atoms with van der Waals surface area (Å²) in [6, 6.07) is 3.60. The van der Waals surface area contributed by atoms with Crippen molar-refractivity contribution in [3.8, 4) is 5.88 Å². The molecule has 1 aromatic heterocycles. The van der Waals surface area contributed by atoms with Crippen molar-refractivity contribution in [2.24, 2.45) is 5.73 Å². The van der Waals surface area contributed by atoms with Gasteiger partial charge in [-0.1, -0.05) is 0 Å². The highest BCUT2D eigenvalue weighted by molar-refractivity contribution is 5.67. The summed E-state index contributed by atoms with van der Waals surface area (Å²) in [5.41, 5.74) is 7.42. The number of amides is 1. The summed E-state index contributed by atoms with van der Waals surface area (Å²) in [7, 11) is 1.58. The van der Waals surface area contributed by atoms with Crippen LogP contribution in [0.4, 0.5) is 4.79 Å². The lowest BCUT2D eigenvalue weighted by Gasteiger charge is -2.21. The van der Waals surface area contributed by atoms with Gasteiger partial charge in [0.2, 0.25) is 5.88 Å². The lowest BCUT2D eigenvalue weighted by Crippen LogP contribution is -2.41. The molecule has 0 fully saturated rings. The minimum Gasteiger partial charge on any atom is -0.481 e. The number of alkyl carbamates (subject to hydrolysis) is 1. The van der Waals surface area contributed by atoms with Crippen LogP contribution in [0.15, 0.2) is 12.1 Å². The highest BCUT2D eigenvalue weighted by Crippen LogP contribution is 2.13. The van der Waals surface area contributed by atoms with Crippen LogP contribution in [0.25, 0.3) is 0 Å². The molecule has 6 heteroatoms. The Balaban J connectivity index is 2.49. The molecule has 0 radical (unpaired) electrons. The van der Waals surface area contributed by atoms with Gasteiger partial charge in [0.1, 0.15) is 5.60 Å². The van der Waals surface area contributed by atoms with Gasteiger partial charge in [0, 0.05) is 24.3 Å². The second kappa shape index (κ2) is 7.26. The van der Waals surface area contributed by atoms with E-state index in [0.717, 1.165) is 11.3 Å². The zero-order valence-electron chi connectivity index (χ0n) is 13.4. The van der Waals surface area contributed by atoms with E-state index in [4.69, 9.17) is 15.2 Å². The number of nitrogens with zero attached hydrogens (tertiary/aromatic N) is 1. The number of aryl methyl sites for hydroxylation is 1. The molecule has 3 N–H and O–H groups in total. The van der Waals surface area contributed by atoms with Crippen molar-refractivity contribution < 1.29 is 14.3 Å². The van der Waals surface area contributed by atoms with Crippen LogP contribution in [-0.2, 0) is 11.2 Å². The second-order valence-corrected chi connectivity index (χ2v) is 6.01. The second-order valence-electron chi connectivity index (χ2n) is 6.01. The number of rotatable bonds is 5. The molecule has 1 atom stereocenters. The number of nitrogens with one attached hydrogen (secondary N) is 1. The van der Waals surface area contributed by atoms with Gasteiger partial charge in [-0.25, -0.2) is 9.78 Å². The lowest BCUT2D eigenvalue weighted by atomic mass is 10.1. The maximum atomic E-state index is 11.6. The van der Waals surface area contributed by atoms with Crippen LogP contribution in [0.3, 0.4) is 0 Å². The first-order chi connectivity index (χ1) is 9.69. The Labute approximate surface area is 126 Å². The highest BCUT2D eigenvalue weighted by atomic mass is 16.6. The Hall–Kier alpha value is -1.82. The van der Waals surface area contributed by atoms with Crippen molar-refractivity contribution in [1.29, 1.82) is 0 Å². The summed E-state index contributed by atoms with van der Waals surface area (Å²) in [5.74, 6) is 0.567.